The predicted octanol–water partition coefficient (Wildman–Crippen LogP) is 1.96. The van der Waals surface area contributed by atoms with Gasteiger partial charge in [0.1, 0.15) is 5.75 Å². The molecule has 0 aromatic heterocycles. The first-order chi connectivity index (χ1) is 8.04. The highest BCUT2D eigenvalue weighted by atomic mass is 79.9. The second kappa shape index (κ2) is 6.61. The average Bonchev–Trinajstić information content (AvgIpc) is 2.25. The number of amides is 1. The molecule has 4 nitrogen and oxygen atoms in total. The van der Waals surface area contributed by atoms with E-state index in [1.54, 1.807) is 18.2 Å². The molecule has 0 saturated carbocycles. The molecule has 0 atom stereocenters. The van der Waals surface area contributed by atoms with Crippen molar-refractivity contribution in [2.45, 2.75) is 20.0 Å². The molecule has 0 saturated heterocycles. The minimum atomic E-state index is -0.248. The van der Waals surface area contributed by atoms with E-state index < -0.39 is 0 Å². The van der Waals surface area contributed by atoms with E-state index in [1.807, 2.05) is 13.8 Å². The SMILES string of the molecule is CC(C)Oc1cc(Br)ccc1C(=O)NCCO. The number of nitrogens with one attached hydrogen (secondary N) is 1. The van der Waals surface area contributed by atoms with Crippen LogP contribution in [-0.4, -0.2) is 30.3 Å². The summed E-state index contributed by atoms with van der Waals surface area (Å²) in [6.07, 6.45) is -0.00584. The number of aliphatic hydroxyl groups is 1. The van der Waals surface area contributed by atoms with Gasteiger partial charge < -0.3 is 15.2 Å². The van der Waals surface area contributed by atoms with Gasteiger partial charge in [-0.1, -0.05) is 15.9 Å². The molecule has 0 radical (unpaired) electrons. The highest BCUT2D eigenvalue weighted by molar-refractivity contribution is 9.10. The summed E-state index contributed by atoms with van der Waals surface area (Å²) in [5, 5.41) is 11.3. The van der Waals surface area contributed by atoms with Crippen LogP contribution in [0.25, 0.3) is 0 Å². The minimum absolute atomic E-state index is 0.00584. The maximum Gasteiger partial charge on any atom is 0.255 e. The minimum Gasteiger partial charge on any atom is -0.490 e. The van der Waals surface area contributed by atoms with Gasteiger partial charge in [-0.3, -0.25) is 4.79 Å². The van der Waals surface area contributed by atoms with Crippen LogP contribution in [0.1, 0.15) is 24.2 Å². The van der Waals surface area contributed by atoms with Crippen LogP contribution >= 0.6 is 15.9 Å². The van der Waals surface area contributed by atoms with Crippen molar-refractivity contribution in [1.82, 2.24) is 5.32 Å². The Bertz CT molecular complexity index is 393. The Labute approximate surface area is 109 Å². The molecule has 2 N–H and O–H groups in total. The zero-order valence-corrected chi connectivity index (χ0v) is 11.5. The van der Waals surface area contributed by atoms with Gasteiger partial charge in [-0.15, -0.1) is 0 Å². The summed E-state index contributed by atoms with van der Waals surface area (Å²) in [5.41, 5.74) is 0.468. The molecular formula is C12H16BrNO3. The quantitative estimate of drug-likeness (QED) is 0.874. The Kier molecular flexibility index (Phi) is 5.44. The van der Waals surface area contributed by atoms with Gasteiger partial charge in [-0.05, 0) is 32.0 Å². The average molecular weight is 302 g/mol. The standard InChI is InChI=1S/C12H16BrNO3/c1-8(2)17-11-7-9(13)3-4-10(11)12(16)14-5-6-15/h3-4,7-8,15H,5-6H2,1-2H3,(H,14,16). The first-order valence-corrected chi connectivity index (χ1v) is 6.19. The second-order valence-corrected chi connectivity index (χ2v) is 4.70. The number of benzene rings is 1. The van der Waals surface area contributed by atoms with E-state index in [2.05, 4.69) is 21.2 Å². The number of ether oxygens (including phenoxy) is 1. The predicted molar refractivity (Wildman–Crippen MR) is 69.3 cm³/mol. The van der Waals surface area contributed by atoms with E-state index in [4.69, 9.17) is 9.84 Å². The van der Waals surface area contributed by atoms with Gasteiger partial charge >= 0.3 is 0 Å². The van der Waals surface area contributed by atoms with Crippen molar-refractivity contribution in [3.8, 4) is 5.75 Å². The third-order valence-corrected chi connectivity index (χ3v) is 2.44. The van der Waals surface area contributed by atoms with Crippen molar-refractivity contribution in [3.05, 3.63) is 28.2 Å². The van der Waals surface area contributed by atoms with Crippen LogP contribution in [0.15, 0.2) is 22.7 Å². The summed E-state index contributed by atoms with van der Waals surface area (Å²) in [4.78, 5) is 11.8. The van der Waals surface area contributed by atoms with Gasteiger partial charge in [0.2, 0.25) is 0 Å². The molecule has 5 heteroatoms. The Hall–Kier alpha value is -1.07. The van der Waals surface area contributed by atoms with E-state index in [1.165, 1.54) is 0 Å². The van der Waals surface area contributed by atoms with Crippen molar-refractivity contribution in [2.75, 3.05) is 13.2 Å². The number of hydrogen-bond acceptors (Lipinski definition) is 3. The molecule has 1 aromatic carbocycles. The maximum atomic E-state index is 11.8. The highest BCUT2D eigenvalue weighted by Crippen LogP contribution is 2.24. The molecule has 17 heavy (non-hydrogen) atoms. The molecule has 0 aliphatic carbocycles. The van der Waals surface area contributed by atoms with Crippen LogP contribution in [0.4, 0.5) is 0 Å². The molecule has 0 aliphatic rings. The summed E-state index contributed by atoms with van der Waals surface area (Å²) < 4.78 is 6.43. The first kappa shape index (κ1) is 14.0. The molecule has 0 spiro atoms. The van der Waals surface area contributed by atoms with E-state index in [0.717, 1.165) is 4.47 Å². The number of rotatable bonds is 5. The summed E-state index contributed by atoms with van der Waals surface area (Å²) in [5.74, 6) is 0.284. The van der Waals surface area contributed by atoms with Crippen molar-refractivity contribution in [2.24, 2.45) is 0 Å². The Morgan fingerprint density at radius 3 is 2.82 bits per heavy atom. The summed E-state index contributed by atoms with van der Waals surface area (Å²) in [7, 11) is 0. The molecule has 0 fully saturated rings. The fourth-order valence-electron chi connectivity index (χ4n) is 1.30. The monoisotopic (exact) mass is 301 g/mol. The number of aliphatic hydroxyl groups excluding tert-OH is 1. The number of halogens is 1. The van der Waals surface area contributed by atoms with Crippen molar-refractivity contribution < 1.29 is 14.6 Å². The lowest BCUT2D eigenvalue weighted by Crippen LogP contribution is -2.27. The first-order valence-electron chi connectivity index (χ1n) is 5.40. The van der Waals surface area contributed by atoms with Crippen LogP contribution in [0.3, 0.4) is 0 Å². The van der Waals surface area contributed by atoms with Gasteiger partial charge in [0.25, 0.3) is 5.91 Å². The van der Waals surface area contributed by atoms with Gasteiger partial charge in [-0.2, -0.15) is 0 Å². The van der Waals surface area contributed by atoms with Gasteiger partial charge in [0.15, 0.2) is 0 Å². The topological polar surface area (TPSA) is 58.6 Å². The van der Waals surface area contributed by atoms with E-state index >= 15 is 0 Å². The lowest BCUT2D eigenvalue weighted by atomic mass is 10.2. The zero-order chi connectivity index (χ0) is 12.8. The molecule has 0 aliphatic heterocycles. The largest absolute Gasteiger partial charge is 0.490 e. The van der Waals surface area contributed by atoms with E-state index in [9.17, 15) is 4.79 Å². The highest BCUT2D eigenvalue weighted by Gasteiger charge is 2.13. The van der Waals surface area contributed by atoms with E-state index in [0.29, 0.717) is 11.3 Å². The zero-order valence-electron chi connectivity index (χ0n) is 9.87. The third kappa shape index (κ3) is 4.36. The fraction of sp³-hybridized carbons (Fsp3) is 0.417. The third-order valence-electron chi connectivity index (χ3n) is 1.95. The summed E-state index contributed by atoms with van der Waals surface area (Å²) in [6.45, 7) is 3.95. The van der Waals surface area contributed by atoms with E-state index in [-0.39, 0.29) is 25.2 Å². The van der Waals surface area contributed by atoms with Gasteiger partial charge in [0, 0.05) is 11.0 Å². The Balaban J connectivity index is 2.92. The smallest absolute Gasteiger partial charge is 0.255 e. The van der Waals surface area contributed by atoms with Crippen LogP contribution in [0.5, 0.6) is 5.75 Å². The molecule has 1 amide bonds. The van der Waals surface area contributed by atoms with Gasteiger partial charge in [-0.25, -0.2) is 0 Å². The van der Waals surface area contributed by atoms with Crippen LogP contribution in [-0.2, 0) is 0 Å². The summed E-state index contributed by atoms with van der Waals surface area (Å²) in [6, 6.07) is 5.23. The van der Waals surface area contributed by atoms with Crippen molar-refractivity contribution in [3.63, 3.8) is 0 Å². The molecule has 1 rings (SSSR count). The number of hydrogen-bond donors (Lipinski definition) is 2. The summed E-state index contributed by atoms with van der Waals surface area (Å²) >= 11 is 3.34. The second-order valence-electron chi connectivity index (χ2n) is 3.79. The maximum absolute atomic E-state index is 11.8. The van der Waals surface area contributed by atoms with Crippen LogP contribution < -0.4 is 10.1 Å². The number of carbonyl (C=O) groups excluding carboxylic acids is 1. The fourth-order valence-corrected chi connectivity index (χ4v) is 1.64. The molecule has 0 bridgehead atoms. The molecule has 0 unspecified atom stereocenters. The molecular weight excluding hydrogens is 286 g/mol. The molecule has 0 heterocycles. The number of carbonyl (C=O) groups is 1. The lowest BCUT2D eigenvalue weighted by molar-refractivity contribution is 0.0939. The van der Waals surface area contributed by atoms with Crippen molar-refractivity contribution in [1.29, 1.82) is 0 Å². The molecule has 1 aromatic rings. The van der Waals surface area contributed by atoms with Crippen LogP contribution in [0.2, 0.25) is 0 Å². The van der Waals surface area contributed by atoms with Crippen molar-refractivity contribution >= 4 is 21.8 Å². The van der Waals surface area contributed by atoms with Crippen LogP contribution in [0, 0.1) is 0 Å². The Morgan fingerprint density at radius 1 is 1.53 bits per heavy atom. The van der Waals surface area contributed by atoms with Gasteiger partial charge in [0.05, 0.1) is 18.3 Å². The normalized spacial score (nSPS) is 10.4. The lowest BCUT2D eigenvalue weighted by Gasteiger charge is -2.14. The molecule has 94 valence electrons. The Morgan fingerprint density at radius 2 is 2.24 bits per heavy atom.